The van der Waals surface area contributed by atoms with E-state index in [1.807, 2.05) is 0 Å². The summed E-state index contributed by atoms with van der Waals surface area (Å²) < 4.78 is 13.1. The molecule has 1 rings (SSSR count). The Labute approximate surface area is 81.4 Å². The summed E-state index contributed by atoms with van der Waals surface area (Å²) in [6.45, 7) is 2.86. The molecule has 3 nitrogen and oxygen atoms in total. The van der Waals surface area contributed by atoms with Crippen LogP contribution in [-0.2, 0) is 10.3 Å². The number of nitrogens with two attached hydrogens (primary N) is 1. The van der Waals surface area contributed by atoms with Gasteiger partial charge in [-0.25, -0.2) is 9.18 Å². The van der Waals surface area contributed by atoms with E-state index in [9.17, 15) is 9.18 Å². The van der Waals surface area contributed by atoms with Crippen molar-refractivity contribution in [1.29, 1.82) is 0 Å². The van der Waals surface area contributed by atoms with Crippen LogP contribution in [-0.4, -0.2) is 11.1 Å². The number of hydrogen-bond acceptors (Lipinski definition) is 2. The summed E-state index contributed by atoms with van der Waals surface area (Å²) >= 11 is 0. The molecule has 0 radical (unpaired) electrons. The Morgan fingerprint density at radius 1 is 1.57 bits per heavy atom. The first-order valence-corrected chi connectivity index (χ1v) is 4.15. The van der Waals surface area contributed by atoms with E-state index in [1.54, 1.807) is 0 Å². The molecular weight excluding hydrogens is 185 g/mol. The molecule has 1 aromatic carbocycles. The Morgan fingerprint density at radius 2 is 2.14 bits per heavy atom. The molecule has 3 N–H and O–H groups in total. The van der Waals surface area contributed by atoms with Gasteiger partial charge in [-0.15, -0.1) is 0 Å². The Morgan fingerprint density at radius 3 is 2.64 bits per heavy atom. The maximum Gasteiger partial charge on any atom is 0.328 e. The third kappa shape index (κ3) is 1.61. The summed E-state index contributed by atoms with van der Waals surface area (Å²) in [5, 5.41) is 8.86. The fraction of sp³-hybridized carbons (Fsp3) is 0.300. The van der Waals surface area contributed by atoms with Crippen molar-refractivity contribution in [2.45, 2.75) is 19.4 Å². The van der Waals surface area contributed by atoms with Crippen LogP contribution in [0, 0.1) is 12.7 Å². The van der Waals surface area contributed by atoms with Crippen LogP contribution < -0.4 is 5.73 Å². The predicted octanol–water partition coefficient (Wildman–Crippen LogP) is 1.39. The van der Waals surface area contributed by atoms with E-state index in [4.69, 9.17) is 10.8 Å². The largest absolute Gasteiger partial charge is 0.480 e. The molecule has 0 fully saturated rings. The molecule has 0 aliphatic carbocycles. The Balaban J connectivity index is 3.33. The van der Waals surface area contributed by atoms with Gasteiger partial charge in [0.05, 0.1) is 0 Å². The summed E-state index contributed by atoms with van der Waals surface area (Å²) in [5.74, 6) is -1.62. The number of carboxylic acid groups (broad SMARTS) is 1. The quantitative estimate of drug-likeness (QED) is 0.753. The molecule has 1 atom stereocenters. The second-order valence-corrected chi connectivity index (χ2v) is 3.42. The highest BCUT2D eigenvalue weighted by atomic mass is 19.1. The number of hydrogen-bond donors (Lipinski definition) is 2. The number of rotatable bonds is 2. The lowest BCUT2D eigenvalue weighted by Crippen LogP contribution is -2.42. The summed E-state index contributed by atoms with van der Waals surface area (Å²) in [6, 6.07) is 4.25. The molecule has 0 spiro atoms. The lowest BCUT2D eigenvalue weighted by Gasteiger charge is -2.21. The molecule has 0 saturated carbocycles. The smallest absolute Gasteiger partial charge is 0.328 e. The van der Waals surface area contributed by atoms with Crippen LogP contribution in [0.2, 0.25) is 0 Å². The van der Waals surface area contributed by atoms with Gasteiger partial charge in [-0.2, -0.15) is 0 Å². The average molecular weight is 197 g/mol. The van der Waals surface area contributed by atoms with Crippen molar-refractivity contribution in [3.05, 3.63) is 35.1 Å². The highest BCUT2D eigenvalue weighted by molar-refractivity contribution is 5.80. The third-order valence-corrected chi connectivity index (χ3v) is 2.27. The van der Waals surface area contributed by atoms with Crippen LogP contribution in [0.4, 0.5) is 4.39 Å². The first-order chi connectivity index (χ1) is 6.37. The topological polar surface area (TPSA) is 63.3 Å². The number of benzene rings is 1. The zero-order chi connectivity index (χ0) is 10.9. The Hall–Kier alpha value is -1.42. The average Bonchev–Trinajstić information content (AvgIpc) is 2.09. The molecule has 0 unspecified atom stereocenters. The molecule has 0 aliphatic heterocycles. The van der Waals surface area contributed by atoms with Crippen LogP contribution in [0.15, 0.2) is 18.2 Å². The van der Waals surface area contributed by atoms with Gasteiger partial charge in [0.1, 0.15) is 11.4 Å². The molecule has 4 heteroatoms. The second-order valence-electron chi connectivity index (χ2n) is 3.42. The number of aliphatic carboxylic acids is 1. The van der Waals surface area contributed by atoms with E-state index >= 15 is 0 Å². The van der Waals surface area contributed by atoms with Crippen molar-refractivity contribution in [3.8, 4) is 0 Å². The van der Waals surface area contributed by atoms with Crippen molar-refractivity contribution in [1.82, 2.24) is 0 Å². The zero-order valence-electron chi connectivity index (χ0n) is 8.04. The summed E-state index contributed by atoms with van der Waals surface area (Å²) in [7, 11) is 0. The predicted molar refractivity (Wildman–Crippen MR) is 50.3 cm³/mol. The van der Waals surface area contributed by atoms with E-state index < -0.39 is 17.3 Å². The summed E-state index contributed by atoms with van der Waals surface area (Å²) in [4.78, 5) is 10.8. The van der Waals surface area contributed by atoms with Gasteiger partial charge in [-0.1, -0.05) is 12.1 Å². The minimum Gasteiger partial charge on any atom is -0.480 e. The highest BCUT2D eigenvalue weighted by Gasteiger charge is 2.32. The first kappa shape index (κ1) is 10.7. The van der Waals surface area contributed by atoms with Crippen molar-refractivity contribution < 1.29 is 14.3 Å². The van der Waals surface area contributed by atoms with E-state index in [0.717, 1.165) is 0 Å². The van der Waals surface area contributed by atoms with Gasteiger partial charge in [-0.05, 0) is 31.0 Å². The molecule has 0 saturated heterocycles. The van der Waals surface area contributed by atoms with Crippen molar-refractivity contribution in [2.75, 3.05) is 0 Å². The molecule has 0 amide bonds. The first-order valence-electron chi connectivity index (χ1n) is 4.15. The van der Waals surface area contributed by atoms with E-state index in [1.165, 1.54) is 32.0 Å². The minimum absolute atomic E-state index is 0.278. The van der Waals surface area contributed by atoms with E-state index in [-0.39, 0.29) is 5.56 Å². The van der Waals surface area contributed by atoms with Crippen LogP contribution in [0.1, 0.15) is 18.1 Å². The molecular formula is C10H12FNO2. The lowest BCUT2D eigenvalue weighted by molar-refractivity contribution is -0.143. The lowest BCUT2D eigenvalue weighted by atomic mass is 9.89. The van der Waals surface area contributed by atoms with Gasteiger partial charge < -0.3 is 10.8 Å². The van der Waals surface area contributed by atoms with Crippen LogP contribution in [0.25, 0.3) is 0 Å². The number of carboxylic acids is 1. The van der Waals surface area contributed by atoms with Gasteiger partial charge in [0.15, 0.2) is 0 Å². The molecule has 0 bridgehead atoms. The van der Waals surface area contributed by atoms with Crippen molar-refractivity contribution >= 4 is 5.97 Å². The van der Waals surface area contributed by atoms with Gasteiger partial charge in [0.25, 0.3) is 0 Å². The number of halogens is 1. The molecule has 0 aromatic heterocycles. The van der Waals surface area contributed by atoms with Crippen LogP contribution in [0.5, 0.6) is 0 Å². The molecule has 0 heterocycles. The molecule has 76 valence electrons. The van der Waals surface area contributed by atoms with Crippen LogP contribution >= 0.6 is 0 Å². The highest BCUT2D eigenvalue weighted by Crippen LogP contribution is 2.23. The van der Waals surface area contributed by atoms with Gasteiger partial charge in [0, 0.05) is 0 Å². The number of carbonyl (C=O) groups is 1. The Kier molecular flexibility index (Phi) is 2.57. The summed E-state index contributed by atoms with van der Waals surface area (Å²) in [5.41, 5.74) is 4.61. The molecule has 1 aromatic rings. The standard InChI is InChI=1S/C10H12FNO2/c1-6-7(4-3-5-8(6)11)10(2,12)9(13)14/h3-5H,12H2,1-2H3,(H,13,14)/t10-/m0/s1. The van der Waals surface area contributed by atoms with E-state index in [2.05, 4.69) is 0 Å². The summed E-state index contributed by atoms with van der Waals surface area (Å²) in [6.07, 6.45) is 0. The van der Waals surface area contributed by atoms with E-state index in [0.29, 0.717) is 5.56 Å². The van der Waals surface area contributed by atoms with Crippen molar-refractivity contribution in [2.24, 2.45) is 5.73 Å². The second kappa shape index (κ2) is 3.38. The monoisotopic (exact) mass is 197 g/mol. The fourth-order valence-electron chi connectivity index (χ4n) is 1.29. The maximum atomic E-state index is 13.1. The van der Waals surface area contributed by atoms with Gasteiger partial charge in [0.2, 0.25) is 0 Å². The Bertz CT molecular complexity index is 374. The third-order valence-electron chi connectivity index (χ3n) is 2.27. The van der Waals surface area contributed by atoms with Crippen molar-refractivity contribution in [3.63, 3.8) is 0 Å². The van der Waals surface area contributed by atoms with Crippen LogP contribution in [0.3, 0.4) is 0 Å². The maximum absolute atomic E-state index is 13.1. The minimum atomic E-state index is -1.55. The van der Waals surface area contributed by atoms with Gasteiger partial charge >= 0.3 is 5.97 Å². The molecule has 0 aliphatic rings. The molecule has 14 heavy (non-hydrogen) atoms. The van der Waals surface area contributed by atoms with Gasteiger partial charge in [-0.3, -0.25) is 0 Å². The zero-order valence-corrected chi connectivity index (χ0v) is 8.04. The normalized spacial score (nSPS) is 14.9. The fourth-order valence-corrected chi connectivity index (χ4v) is 1.29. The SMILES string of the molecule is Cc1c(F)cccc1[C@](C)(N)C(=O)O.